The number of rotatable bonds is 28. The number of ether oxygens (including phenoxy) is 1. The van der Waals surface area contributed by atoms with E-state index in [-0.39, 0.29) is 67.6 Å². The van der Waals surface area contributed by atoms with Crippen LogP contribution < -0.4 is 40.5 Å². The first-order valence-corrected chi connectivity index (χ1v) is 35.4. The van der Waals surface area contributed by atoms with E-state index >= 15 is 0 Å². The number of aliphatic hydroxyl groups excluding tert-OH is 1. The molecule has 4 aliphatic heterocycles. The quantitative estimate of drug-likeness (QED) is 0.0200. The molecule has 10 N–H and O–H groups in total. The van der Waals surface area contributed by atoms with Crippen molar-refractivity contribution in [2.45, 2.75) is 160 Å². The number of aliphatic imine (C=N–C) groups is 3. The van der Waals surface area contributed by atoms with E-state index in [1.54, 1.807) is 59.9 Å². The van der Waals surface area contributed by atoms with E-state index in [2.05, 4.69) is 37.2 Å². The van der Waals surface area contributed by atoms with Crippen LogP contribution in [0.25, 0.3) is 0 Å². The second kappa shape index (κ2) is 55.6. The zero-order valence-corrected chi connectivity index (χ0v) is 57.1. The Morgan fingerprint density at radius 1 is 0.655 bits per heavy atom. The largest absolute Gasteiger partial charge is 1.00 e. The van der Waals surface area contributed by atoms with Crippen molar-refractivity contribution in [2.75, 3.05) is 75.7 Å². The number of thioether (sulfide) groups is 5. The van der Waals surface area contributed by atoms with Gasteiger partial charge in [-0.05, 0) is 108 Å². The van der Waals surface area contributed by atoms with Gasteiger partial charge in [0, 0.05) is 55.8 Å². The van der Waals surface area contributed by atoms with Crippen LogP contribution in [0.15, 0.2) is 51.4 Å². The van der Waals surface area contributed by atoms with Gasteiger partial charge < -0.3 is 47.6 Å². The molecule has 84 heavy (non-hydrogen) atoms. The summed E-state index contributed by atoms with van der Waals surface area (Å²) in [7, 11) is 1.32. The summed E-state index contributed by atoms with van der Waals surface area (Å²) in [6, 6.07) is 7.95. The van der Waals surface area contributed by atoms with Crippen molar-refractivity contribution < 1.29 is 63.9 Å². The van der Waals surface area contributed by atoms with Crippen LogP contribution in [0.3, 0.4) is 0 Å². The molecule has 1 saturated heterocycles. The van der Waals surface area contributed by atoms with Crippen molar-refractivity contribution in [2.24, 2.45) is 20.7 Å². The predicted octanol–water partition coefficient (Wildman–Crippen LogP) is 10.7. The minimum absolute atomic E-state index is 0. The summed E-state index contributed by atoms with van der Waals surface area (Å²) in [5.74, 6) is 2.37. The zero-order valence-electron chi connectivity index (χ0n) is 49.2. The average molecular weight is 1360 g/mol. The molecule has 16 nitrogen and oxygen atoms in total. The summed E-state index contributed by atoms with van der Waals surface area (Å²) >= 11 is 38.3. The predicted molar refractivity (Wildman–Crippen MR) is 364 cm³/mol. The number of aliphatic hydroxyl groups is 1. The summed E-state index contributed by atoms with van der Waals surface area (Å²) in [6.45, 7) is 4.92. The number of hydrogen-bond donors (Lipinski definition) is 6. The van der Waals surface area contributed by atoms with Crippen LogP contribution in [0.1, 0.15) is 168 Å². The molecule has 0 radical (unpaired) electrons. The molecule has 2 atom stereocenters. The minimum Gasteiger partial charge on any atom is -0.870 e. The van der Waals surface area contributed by atoms with E-state index in [0.29, 0.717) is 19.4 Å². The number of carboxylic acids is 1. The van der Waals surface area contributed by atoms with Crippen molar-refractivity contribution in [3.63, 3.8) is 0 Å². The van der Waals surface area contributed by atoms with Gasteiger partial charge >= 0.3 is 30.8 Å². The zero-order chi connectivity index (χ0) is 59.3. The summed E-state index contributed by atoms with van der Waals surface area (Å²) in [4.78, 5) is 62.0. The van der Waals surface area contributed by atoms with Crippen molar-refractivity contribution >= 4 is 160 Å². The van der Waals surface area contributed by atoms with Gasteiger partial charge in [0.1, 0.15) is 20.8 Å². The number of carbonyl (C=O) groups excluding carboxylic acids is 3. The molecule has 472 valence electrons. The summed E-state index contributed by atoms with van der Waals surface area (Å²) in [5, 5.41) is 29.3. The number of aliphatic carboxylic acids is 1. The van der Waals surface area contributed by atoms with Crippen LogP contribution in [0.2, 0.25) is 20.1 Å². The number of nitrogens with zero attached hydrogens (tertiary/aromatic N) is 3. The van der Waals surface area contributed by atoms with Crippen molar-refractivity contribution in [1.29, 1.82) is 0 Å². The summed E-state index contributed by atoms with van der Waals surface area (Å²) < 4.78 is 7.08. The standard InChI is InChI=1S/C23H32Cl2N2O3S.C22H30Cl2N2O3S.C5H9NS2.C4H7NS2.C3H9NO.Li.2H2O/c1-30-23(29)19(27-22(28)21-17(24)11-9-12-18(21)25)13-7-5-3-2-4-6-8-14-20-26-15-10-16-31-20;23-16-10-8-11-17(24)20(16)21(27)26-18(22(28)29)12-6-4-2-1-3-5-7-13-19-25-14-9-15-30-19;1-7-5-6-3-2-4-8-5;6-4-5-2-1-3-7-4;4-2-1-3-5;;;/h9,11-12,19H,2-8,10,13-16H2,1H3,(H,27,28);8,10-11,18H,1-7,9,12-15H2,(H,26,27)(H,28,29);2-4H2,1H3;1-3H2,(H,5,6);5H,1-4H2;;2*1H2/q;;;;;+1;;/p-1/t19-;18-;;;;;;/m00....../s1. The molecule has 4 heterocycles. The van der Waals surface area contributed by atoms with Crippen LogP contribution in [0.4, 0.5) is 0 Å². The van der Waals surface area contributed by atoms with E-state index in [4.69, 9.17) is 74.2 Å². The molecule has 4 aliphatic rings. The smallest absolute Gasteiger partial charge is 0.870 e. The first kappa shape index (κ1) is 84.6. The van der Waals surface area contributed by atoms with Gasteiger partial charge in [0.25, 0.3) is 11.8 Å². The number of methoxy groups -OCH3 is 1. The third kappa shape index (κ3) is 40.3. The molecule has 0 aromatic heterocycles. The van der Waals surface area contributed by atoms with E-state index in [9.17, 15) is 24.3 Å². The Morgan fingerprint density at radius 2 is 1.06 bits per heavy atom. The first-order valence-electron chi connectivity index (χ1n) is 28.3. The van der Waals surface area contributed by atoms with E-state index in [1.165, 1.54) is 115 Å². The fourth-order valence-electron chi connectivity index (χ4n) is 8.00. The number of thiocarbonyl (C=S) groups is 1. The van der Waals surface area contributed by atoms with Gasteiger partial charge in [0.05, 0.1) is 48.4 Å². The molecule has 27 heteroatoms. The molecule has 0 spiro atoms. The van der Waals surface area contributed by atoms with Crippen LogP contribution in [0.5, 0.6) is 0 Å². The van der Waals surface area contributed by atoms with Crippen LogP contribution in [-0.2, 0) is 14.3 Å². The number of amides is 2. The van der Waals surface area contributed by atoms with Crippen LogP contribution in [0, 0.1) is 0 Å². The molecular formula is C57H90Cl4LiN7O9S6. The second-order valence-electron chi connectivity index (χ2n) is 18.9. The van der Waals surface area contributed by atoms with Gasteiger partial charge in [-0.2, -0.15) is 0 Å². The molecule has 2 aromatic carbocycles. The van der Waals surface area contributed by atoms with Crippen LogP contribution >= 0.6 is 117 Å². The number of halogens is 4. The fraction of sp³-hybridized carbons (Fsp3) is 0.649. The first-order chi connectivity index (χ1) is 39.3. The van der Waals surface area contributed by atoms with Gasteiger partial charge in [-0.15, -0.1) is 35.3 Å². The minimum atomic E-state index is -1.05. The monoisotopic (exact) mass is 1360 g/mol. The Labute approximate surface area is 558 Å². The Kier molecular flexibility index (Phi) is 56.0. The normalized spacial score (nSPS) is 14.9. The number of hydrogen-bond acceptors (Lipinski definition) is 17. The van der Waals surface area contributed by atoms with E-state index in [0.717, 1.165) is 94.7 Å². The van der Waals surface area contributed by atoms with Crippen molar-refractivity contribution in [3.8, 4) is 0 Å². The molecular weight excluding hydrogens is 1270 g/mol. The summed E-state index contributed by atoms with van der Waals surface area (Å²) in [6.07, 6.45) is 26.2. The Hall–Kier alpha value is -1.43. The number of benzene rings is 2. The maximum atomic E-state index is 12.6. The van der Waals surface area contributed by atoms with Gasteiger partial charge in [-0.25, -0.2) is 9.59 Å². The molecule has 0 saturated carbocycles. The number of carboxylic acid groups (broad SMARTS) is 1. The van der Waals surface area contributed by atoms with Gasteiger partial charge in [0.15, 0.2) is 0 Å². The topological polar surface area (TPSA) is 279 Å². The number of nitrogens with two attached hydrogens (primary N) is 1. The molecule has 0 aliphatic carbocycles. The van der Waals surface area contributed by atoms with E-state index < -0.39 is 35.8 Å². The Bertz CT molecular complexity index is 2200. The second-order valence-corrected chi connectivity index (χ2v) is 26.8. The third-order valence-electron chi connectivity index (χ3n) is 12.4. The maximum absolute atomic E-state index is 12.6. The molecule has 0 bridgehead atoms. The average Bonchev–Trinajstić information content (AvgIpc) is 3.65. The van der Waals surface area contributed by atoms with Gasteiger partial charge in [-0.1, -0.05) is 171 Å². The van der Waals surface area contributed by atoms with E-state index in [1.807, 2.05) is 35.3 Å². The molecule has 2 amide bonds. The number of nitrogens with one attached hydrogen (secondary N) is 3. The SMILES string of the molecule is COC(=O)[C@H](CCCCCCCCCC1=NCCCS1)NC(=O)c1c(Cl)cccc1Cl.CSC1=NCCCS1.NCCCO.O.O=C(N[C@@H](CCCCCCCCCC1=NCCCS1)C(=O)O)c1c(Cl)cccc1Cl.S=C1NCCCS1.[Li+].[OH-]. The summed E-state index contributed by atoms with van der Waals surface area (Å²) in [5.41, 5.74) is 5.27. The van der Waals surface area contributed by atoms with Gasteiger partial charge in [-0.3, -0.25) is 24.6 Å². The molecule has 1 fully saturated rings. The fourth-order valence-corrected chi connectivity index (χ4v) is 13.7. The number of unbranched alkanes of at least 4 members (excludes halogenated alkanes) is 12. The molecule has 2 aromatic rings. The Morgan fingerprint density at radius 3 is 1.37 bits per heavy atom. The molecule has 0 unspecified atom stereocenters. The van der Waals surface area contributed by atoms with Crippen molar-refractivity contribution in [3.05, 3.63) is 67.6 Å². The van der Waals surface area contributed by atoms with Crippen LogP contribution in [-0.4, -0.2) is 151 Å². The molecule has 6 rings (SSSR count). The van der Waals surface area contributed by atoms with Gasteiger partial charge in [0.2, 0.25) is 0 Å². The Balaban J connectivity index is 0. The maximum Gasteiger partial charge on any atom is 1.00 e. The number of carbonyl (C=O) groups is 4. The third-order valence-corrected chi connectivity index (χ3v) is 19.6. The van der Waals surface area contributed by atoms with Crippen molar-refractivity contribution in [1.82, 2.24) is 16.0 Å². The number of esters is 1.